The number of carbonyl (C=O) groups is 2. The summed E-state index contributed by atoms with van der Waals surface area (Å²) in [6.45, 7) is 2.87. The normalized spacial score (nSPS) is 13.1. The minimum atomic E-state index is -5.19. The molecule has 5 aromatic rings. The van der Waals surface area contributed by atoms with Crippen molar-refractivity contribution in [3.05, 3.63) is 84.9 Å². The van der Waals surface area contributed by atoms with Crippen molar-refractivity contribution < 1.29 is 58.3 Å². The van der Waals surface area contributed by atoms with Crippen molar-refractivity contribution in [2.75, 3.05) is 12.3 Å². The molecule has 20 nitrogen and oxygen atoms in total. The van der Waals surface area contributed by atoms with Gasteiger partial charge in [0.05, 0.1) is 39.6 Å². The number of carbonyl (C=O) groups excluding carboxylic acids is 2. The summed E-state index contributed by atoms with van der Waals surface area (Å²) < 4.78 is 106. The summed E-state index contributed by atoms with van der Waals surface area (Å²) in [7, 11) is -14.9. The third-order valence-corrected chi connectivity index (χ3v) is 10.4. The maximum absolute atomic E-state index is 12.5. The van der Waals surface area contributed by atoms with Gasteiger partial charge in [-0.15, -0.1) is 10.2 Å². The van der Waals surface area contributed by atoms with Crippen molar-refractivity contribution in [1.82, 2.24) is 0 Å². The number of Topliss-reactive ketones (excluding diaryl/α,β-unsaturated/α-hetero) is 1. The van der Waals surface area contributed by atoms with Crippen LogP contribution in [-0.2, 0) is 44.7 Å². The summed E-state index contributed by atoms with van der Waals surface area (Å²) in [4.78, 5) is 21.3. The predicted molar refractivity (Wildman–Crippen MR) is 202 cm³/mol. The van der Waals surface area contributed by atoms with Gasteiger partial charge in [-0.2, -0.15) is 45.7 Å². The maximum Gasteiger partial charge on any atom is 0.340 e. The predicted octanol–water partition coefficient (Wildman–Crippen LogP) is 6.97. The number of nitrogens with zero attached hydrogens (tertiary/aromatic N) is 6. The van der Waals surface area contributed by atoms with Gasteiger partial charge in [-0.3, -0.25) is 18.5 Å². The molecule has 6 N–H and O–H groups in total. The van der Waals surface area contributed by atoms with E-state index in [0.717, 1.165) is 30.3 Å². The monoisotopic (exact) mass is 839 g/mol. The molecule has 23 heteroatoms. The van der Waals surface area contributed by atoms with E-state index in [1.165, 1.54) is 19.1 Å². The SMILES string of the molecule is CCOC(=O)C(N=Nc1ccc(-c2ccc(N=Nc3c(S(=O)(=O)O)cc4cc(S(=O)(=O)O)c(N=Nc5ccc(S(=O)(=O)O)cc5)c(O)c4c3N)cc2)cc1)C(C)=O. The molecular formula is C34H29N7O13S3. The first-order valence-electron chi connectivity index (χ1n) is 16.0. The van der Waals surface area contributed by atoms with Gasteiger partial charge < -0.3 is 15.6 Å². The highest BCUT2D eigenvalue weighted by molar-refractivity contribution is 7.86. The number of esters is 1. The van der Waals surface area contributed by atoms with Crippen LogP contribution in [0.1, 0.15) is 13.8 Å². The third kappa shape index (κ3) is 9.72. The second-order valence-corrected chi connectivity index (χ2v) is 15.9. The fourth-order valence-electron chi connectivity index (χ4n) is 5.09. The van der Waals surface area contributed by atoms with Crippen LogP contribution in [0.5, 0.6) is 5.75 Å². The van der Waals surface area contributed by atoms with E-state index in [-0.39, 0.29) is 18.0 Å². The molecule has 57 heavy (non-hydrogen) atoms. The highest BCUT2D eigenvalue weighted by Gasteiger charge is 2.28. The molecule has 5 rings (SSSR count). The molecule has 0 fully saturated rings. The molecule has 0 aliphatic rings. The van der Waals surface area contributed by atoms with E-state index >= 15 is 0 Å². The Hall–Kier alpha value is -6.37. The van der Waals surface area contributed by atoms with Crippen LogP contribution in [0.2, 0.25) is 0 Å². The Morgan fingerprint density at radius 1 is 0.667 bits per heavy atom. The zero-order valence-corrected chi connectivity index (χ0v) is 31.8. The zero-order chi connectivity index (χ0) is 41.9. The number of nitrogens with two attached hydrogens (primary N) is 1. The Balaban J connectivity index is 1.49. The van der Waals surface area contributed by atoms with Crippen molar-refractivity contribution in [2.45, 2.75) is 34.6 Å². The highest BCUT2D eigenvalue weighted by Crippen LogP contribution is 2.48. The Morgan fingerprint density at radius 3 is 1.54 bits per heavy atom. The number of rotatable bonds is 13. The van der Waals surface area contributed by atoms with Crippen molar-refractivity contribution >= 4 is 87.0 Å². The largest absolute Gasteiger partial charge is 0.505 e. The summed E-state index contributed by atoms with van der Waals surface area (Å²) in [5.74, 6) is -2.35. The molecule has 5 aromatic carbocycles. The minimum Gasteiger partial charge on any atom is -0.505 e. The molecule has 0 radical (unpaired) electrons. The van der Waals surface area contributed by atoms with Crippen molar-refractivity contribution in [3.8, 4) is 16.9 Å². The van der Waals surface area contributed by atoms with Gasteiger partial charge in [-0.1, -0.05) is 24.3 Å². The first-order chi connectivity index (χ1) is 26.7. The fraction of sp³-hybridized carbons (Fsp3) is 0.118. The maximum atomic E-state index is 12.5. The Kier molecular flexibility index (Phi) is 12.0. The second-order valence-electron chi connectivity index (χ2n) is 11.7. The Morgan fingerprint density at radius 2 is 1.11 bits per heavy atom. The molecule has 0 heterocycles. The summed E-state index contributed by atoms with van der Waals surface area (Å²) in [5, 5.41) is 33.6. The van der Waals surface area contributed by atoms with E-state index in [1.54, 1.807) is 43.3 Å². The van der Waals surface area contributed by atoms with Gasteiger partial charge in [0.25, 0.3) is 30.4 Å². The van der Waals surface area contributed by atoms with Crippen molar-refractivity contribution in [3.63, 3.8) is 0 Å². The van der Waals surface area contributed by atoms with Crippen molar-refractivity contribution in [1.29, 1.82) is 0 Å². The molecule has 0 saturated carbocycles. The molecule has 0 saturated heterocycles. The number of fused-ring (bicyclic) bond motifs is 1. The molecular weight excluding hydrogens is 811 g/mol. The molecule has 0 bridgehead atoms. The van der Waals surface area contributed by atoms with E-state index in [9.17, 15) is 53.6 Å². The number of azo groups is 3. The van der Waals surface area contributed by atoms with Crippen LogP contribution in [-0.4, -0.2) is 68.4 Å². The molecule has 0 amide bonds. The second kappa shape index (κ2) is 16.4. The number of ether oxygens (including phenoxy) is 1. The van der Waals surface area contributed by atoms with E-state index in [1.807, 2.05) is 0 Å². The smallest absolute Gasteiger partial charge is 0.340 e. The van der Waals surface area contributed by atoms with Crippen LogP contribution < -0.4 is 5.73 Å². The lowest BCUT2D eigenvalue weighted by Gasteiger charge is -2.14. The zero-order valence-electron chi connectivity index (χ0n) is 29.3. The van der Waals surface area contributed by atoms with Crippen LogP contribution >= 0.6 is 0 Å². The van der Waals surface area contributed by atoms with Crippen LogP contribution in [0.25, 0.3) is 21.9 Å². The average Bonchev–Trinajstić information content (AvgIpc) is 3.13. The van der Waals surface area contributed by atoms with E-state index in [4.69, 9.17) is 10.5 Å². The van der Waals surface area contributed by atoms with Gasteiger partial charge in [0.15, 0.2) is 11.5 Å². The number of anilines is 1. The molecule has 1 unspecified atom stereocenters. The Bertz CT molecular complexity index is 2830. The third-order valence-electron chi connectivity index (χ3n) is 7.79. The summed E-state index contributed by atoms with van der Waals surface area (Å²) >= 11 is 0. The molecule has 1 atom stereocenters. The molecule has 296 valence electrons. The molecule has 0 aliphatic heterocycles. The van der Waals surface area contributed by atoms with Crippen LogP contribution in [0.4, 0.5) is 34.1 Å². The number of aromatic hydroxyl groups is 1. The summed E-state index contributed by atoms with van der Waals surface area (Å²) in [5.41, 5.74) is 5.96. The number of hydrogen-bond donors (Lipinski definition) is 5. The van der Waals surface area contributed by atoms with Crippen molar-refractivity contribution in [2.24, 2.45) is 30.7 Å². The van der Waals surface area contributed by atoms with Gasteiger partial charge >= 0.3 is 5.97 Å². The molecule has 0 aliphatic carbocycles. The highest BCUT2D eigenvalue weighted by atomic mass is 32.2. The number of nitrogen functional groups attached to an aromatic ring is 1. The number of phenols is 1. The lowest BCUT2D eigenvalue weighted by atomic mass is 10.0. The quantitative estimate of drug-likeness (QED) is 0.0263. The fourth-order valence-corrected chi connectivity index (χ4v) is 6.89. The number of ketones is 1. The van der Waals surface area contributed by atoms with Gasteiger partial charge in [-0.05, 0) is 91.0 Å². The van der Waals surface area contributed by atoms with Gasteiger partial charge in [-0.25, -0.2) is 4.79 Å². The topological polar surface area (TPSA) is 327 Å². The van der Waals surface area contributed by atoms with Crippen LogP contribution in [0.3, 0.4) is 0 Å². The molecule has 0 spiro atoms. The van der Waals surface area contributed by atoms with E-state index in [0.29, 0.717) is 22.9 Å². The van der Waals surface area contributed by atoms with Crippen LogP contribution in [0, 0.1) is 0 Å². The van der Waals surface area contributed by atoms with Crippen LogP contribution in [0.15, 0.2) is 130 Å². The number of phenolic OH excluding ortho intramolecular Hbond substituents is 1. The molecule has 0 aromatic heterocycles. The van der Waals surface area contributed by atoms with Gasteiger partial charge in [0.2, 0.25) is 6.04 Å². The van der Waals surface area contributed by atoms with Gasteiger partial charge in [0, 0.05) is 0 Å². The first-order valence-corrected chi connectivity index (χ1v) is 20.3. The Labute approximate surface area is 323 Å². The summed E-state index contributed by atoms with van der Waals surface area (Å²) in [6, 6.07) is 17.0. The lowest BCUT2D eigenvalue weighted by Crippen LogP contribution is -2.28. The lowest BCUT2D eigenvalue weighted by molar-refractivity contribution is -0.147. The minimum absolute atomic E-state index is 0.0741. The first kappa shape index (κ1) is 41.8. The standard InChI is InChI=1S/C34H29N7O13S3/c1-3-54-34(44)30(18(2)42)39-36-22-8-4-19(5-9-22)20-6-10-23(11-7-20)37-40-31-26(56(48,49)50)16-21-17-27(57(51,52)53)32(33(43)28(21)29(31)35)41-38-24-12-14-25(15-13-24)55(45,46)47/h4-17,30,43H,3,35H2,1-2H3,(H,45,46,47)(H,48,49,50)(H,51,52,53). The van der Waals surface area contributed by atoms with E-state index < -0.39 is 96.4 Å². The van der Waals surface area contributed by atoms with Gasteiger partial charge in [0.1, 0.15) is 21.2 Å². The van der Waals surface area contributed by atoms with E-state index in [2.05, 4.69) is 30.7 Å². The summed E-state index contributed by atoms with van der Waals surface area (Å²) in [6.07, 6.45) is 0. The number of hydrogen-bond acceptors (Lipinski definition) is 17. The average molecular weight is 840 g/mol. The number of benzene rings is 5.